The molecule has 0 unspecified atom stereocenters. The minimum absolute atomic E-state index is 0.0167. The molecular formula is C13H16N4O3. The van der Waals surface area contributed by atoms with Gasteiger partial charge >= 0.3 is 0 Å². The van der Waals surface area contributed by atoms with Gasteiger partial charge in [-0.15, -0.1) is 0 Å². The highest BCUT2D eigenvalue weighted by atomic mass is 16.5. The number of rotatable bonds is 6. The van der Waals surface area contributed by atoms with Crippen molar-refractivity contribution < 1.29 is 14.5 Å². The summed E-state index contributed by atoms with van der Waals surface area (Å²) in [6, 6.07) is 7.26. The molecule has 0 fully saturated rings. The van der Waals surface area contributed by atoms with Gasteiger partial charge in [0.05, 0.1) is 25.4 Å². The minimum atomic E-state index is 0.0167. The molecule has 0 atom stereocenters. The normalized spacial score (nSPS) is 11.6. The van der Waals surface area contributed by atoms with E-state index in [1.807, 2.05) is 12.1 Å². The quantitative estimate of drug-likeness (QED) is 0.315. The number of nitrogens with one attached hydrogen (secondary N) is 1. The highest BCUT2D eigenvalue weighted by molar-refractivity contribution is 5.99. The standard InChI is InChI=1S/C13H16N4O3/c1-19-12-6-9(2-3-11(12)13(14)17-18)7-15-8-10-4-5-16-20-10/h2-6,15,18H,7-8H2,1H3,(H2,14,17). The largest absolute Gasteiger partial charge is 0.496 e. The fraction of sp³-hybridized carbons (Fsp3) is 0.231. The number of amidine groups is 1. The Morgan fingerprint density at radius 3 is 2.95 bits per heavy atom. The molecule has 2 rings (SSSR count). The molecule has 20 heavy (non-hydrogen) atoms. The highest BCUT2D eigenvalue weighted by Gasteiger charge is 2.08. The summed E-state index contributed by atoms with van der Waals surface area (Å²) in [4.78, 5) is 0. The molecule has 106 valence electrons. The van der Waals surface area contributed by atoms with Gasteiger partial charge in [0, 0.05) is 12.6 Å². The number of methoxy groups -OCH3 is 1. The Kier molecular flexibility index (Phi) is 4.56. The summed E-state index contributed by atoms with van der Waals surface area (Å²) in [6.45, 7) is 1.22. The molecule has 2 aromatic rings. The maximum absolute atomic E-state index is 8.70. The minimum Gasteiger partial charge on any atom is -0.496 e. The van der Waals surface area contributed by atoms with Crippen molar-refractivity contribution in [1.29, 1.82) is 0 Å². The molecule has 0 aliphatic carbocycles. The summed E-state index contributed by atoms with van der Waals surface area (Å²) < 4.78 is 10.2. The number of oxime groups is 1. The van der Waals surface area contributed by atoms with Crippen molar-refractivity contribution in [3.05, 3.63) is 47.3 Å². The lowest BCUT2D eigenvalue weighted by atomic mass is 10.1. The summed E-state index contributed by atoms with van der Waals surface area (Å²) in [5.41, 5.74) is 7.13. The van der Waals surface area contributed by atoms with Crippen LogP contribution in [0, 0.1) is 0 Å². The van der Waals surface area contributed by atoms with E-state index in [1.54, 1.807) is 18.3 Å². The van der Waals surface area contributed by atoms with Crippen LogP contribution in [0.1, 0.15) is 16.9 Å². The molecule has 1 aromatic carbocycles. The number of benzene rings is 1. The van der Waals surface area contributed by atoms with Crippen LogP contribution in [0.3, 0.4) is 0 Å². The summed E-state index contributed by atoms with van der Waals surface area (Å²) >= 11 is 0. The third-order valence-electron chi connectivity index (χ3n) is 2.77. The summed E-state index contributed by atoms with van der Waals surface area (Å²) in [5.74, 6) is 1.34. The third-order valence-corrected chi connectivity index (χ3v) is 2.77. The number of aromatic nitrogens is 1. The van der Waals surface area contributed by atoms with Gasteiger partial charge in [-0.25, -0.2) is 0 Å². The van der Waals surface area contributed by atoms with E-state index in [0.29, 0.717) is 24.4 Å². The van der Waals surface area contributed by atoms with Crippen LogP contribution in [0.5, 0.6) is 5.75 Å². The van der Waals surface area contributed by atoms with Crippen LogP contribution in [0.25, 0.3) is 0 Å². The van der Waals surface area contributed by atoms with Crippen LogP contribution in [0.4, 0.5) is 0 Å². The van der Waals surface area contributed by atoms with Crippen molar-refractivity contribution in [2.24, 2.45) is 10.9 Å². The number of ether oxygens (including phenoxy) is 1. The average molecular weight is 276 g/mol. The van der Waals surface area contributed by atoms with Crippen LogP contribution >= 0.6 is 0 Å². The van der Waals surface area contributed by atoms with E-state index in [-0.39, 0.29) is 5.84 Å². The van der Waals surface area contributed by atoms with Crippen molar-refractivity contribution >= 4 is 5.84 Å². The van der Waals surface area contributed by atoms with Crippen LogP contribution in [-0.4, -0.2) is 23.3 Å². The lowest BCUT2D eigenvalue weighted by Crippen LogP contribution is -2.16. The van der Waals surface area contributed by atoms with E-state index >= 15 is 0 Å². The van der Waals surface area contributed by atoms with E-state index in [0.717, 1.165) is 11.3 Å². The lowest BCUT2D eigenvalue weighted by molar-refractivity contribution is 0.318. The number of hydrogen-bond donors (Lipinski definition) is 3. The third kappa shape index (κ3) is 3.27. The molecule has 0 aliphatic heterocycles. The van der Waals surface area contributed by atoms with Crippen molar-refractivity contribution in [1.82, 2.24) is 10.5 Å². The van der Waals surface area contributed by atoms with Crippen LogP contribution < -0.4 is 15.8 Å². The van der Waals surface area contributed by atoms with Crippen LogP contribution in [-0.2, 0) is 13.1 Å². The van der Waals surface area contributed by atoms with E-state index in [9.17, 15) is 0 Å². The average Bonchev–Trinajstić information content (AvgIpc) is 2.99. The lowest BCUT2D eigenvalue weighted by Gasteiger charge is -2.10. The Morgan fingerprint density at radius 2 is 2.30 bits per heavy atom. The van der Waals surface area contributed by atoms with Gasteiger partial charge in [0.15, 0.2) is 5.84 Å². The molecule has 0 aliphatic rings. The van der Waals surface area contributed by atoms with Crippen molar-refractivity contribution in [3.8, 4) is 5.75 Å². The molecule has 0 saturated carbocycles. The first-order valence-corrected chi connectivity index (χ1v) is 5.99. The molecule has 1 aromatic heterocycles. The van der Waals surface area contributed by atoms with Gasteiger partial charge in [-0.2, -0.15) is 0 Å². The van der Waals surface area contributed by atoms with Gasteiger partial charge < -0.3 is 25.5 Å². The molecule has 0 radical (unpaired) electrons. The molecule has 1 heterocycles. The zero-order valence-corrected chi connectivity index (χ0v) is 11.0. The van der Waals surface area contributed by atoms with E-state index in [1.165, 1.54) is 7.11 Å². The molecule has 7 heteroatoms. The Morgan fingerprint density at radius 1 is 1.45 bits per heavy atom. The second kappa shape index (κ2) is 6.58. The van der Waals surface area contributed by atoms with Crippen molar-refractivity contribution in [3.63, 3.8) is 0 Å². The maximum Gasteiger partial charge on any atom is 0.173 e. The van der Waals surface area contributed by atoms with Gasteiger partial charge in [-0.3, -0.25) is 0 Å². The molecule has 0 amide bonds. The van der Waals surface area contributed by atoms with Crippen LogP contribution in [0.2, 0.25) is 0 Å². The van der Waals surface area contributed by atoms with Gasteiger partial charge in [0.1, 0.15) is 11.5 Å². The first-order chi connectivity index (χ1) is 9.74. The predicted octanol–water partition coefficient (Wildman–Crippen LogP) is 1.07. The Labute approximate surface area is 116 Å². The molecule has 0 spiro atoms. The topological polar surface area (TPSA) is 106 Å². The molecular weight excluding hydrogens is 260 g/mol. The predicted molar refractivity (Wildman–Crippen MR) is 72.6 cm³/mol. The van der Waals surface area contributed by atoms with Gasteiger partial charge in [0.2, 0.25) is 0 Å². The molecule has 0 bridgehead atoms. The smallest absolute Gasteiger partial charge is 0.173 e. The summed E-state index contributed by atoms with van der Waals surface area (Å²) in [5, 5.41) is 18.5. The highest BCUT2D eigenvalue weighted by Crippen LogP contribution is 2.20. The Bertz CT molecular complexity index is 581. The number of hydrogen-bond acceptors (Lipinski definition) is 6. The van der Waals surface area contributed by atoms with Crippen molar-refractivity contribution in [2.45, 2.75) is 13.1 Å². The van der Waals surface area contributed by atoms with Gasteiger partial charge in [-0.05, 0) is 17.7 Å². The second-order valence-corrected chi connectivity index (χ2v) is 4.10. The Balaban J connectivity index is 2.02. The zero-order chi connectivity index (χ0) is 14.4. The zero-order valence-electron chi connectivity index (χ0n) is 11.0. The van der Waals surface area contributed by atoms with E-state index in [4.69, 9.17) is 20.2 Å². The second-order valence-electron chi connectivity index (χ2n) is 4.10. The number of nitrogens with two attached hydrogens (primary N) is 1. The maximum atomic E-state index is 8.70. The fourth-order valence-corrected chi connectivity index (χ4v) is 1.77. The molecule has 0 saturated heterocycles. The molecule has 7 nitrogen and oxygen atoms in total. The SMILES string of the molecule is COc1cc(CNCc2ccno2)ccc1/C(N)=N/O. The number of nitrogens with zero attached hydrogens (tertiary/aromatic N) is 2. The van der Waals surface area contributed by atoms with Crippen LogP contribution in [0.15, 0.2) is 40.1 Å². The van der Waals surface area contributed by atoms with Crippen molar-refractivity contribution in [2.75, 3.05) is 7.11 Å². The summed E-state index contributed by atoms with van der Waals surface area (Å²) in [6.07, 6.45) is 1.60. The van der Waals surface area contributed by atoms with Gasteiger partial charge in [0.25, 0.3) is 0 Å². The summed E-state index contributed by atoms with van der Waals surface area (Å²) in [7, 11) is 1.54. The van der Waals surface area contributed by atoms with Gasteiger partial charge in [-0.1, -0.05) is 16.4 Å². The molecule has 4 N–H and O–H groups in total. The Hall–Kier alpha value is -2.54. The monoisotopic (exact) mass is 276 g/mol. The first kappa shape index (κ1) is 13.9. The first-order valence-electron chi connectivity index (χ1n) is 5.99. The van der Waals surface area contributed by atoms with E-state index in [2.05, 4.69) is 15.6 Å². The van der Waals surface area contributed by atoms with E-state index < -0.39 is 0 Å². The fourth-order valence-electron chi connectivity index (χ4n) is 1.77.